The van der Waals surface area contributed by atoms with E-state index in [2.05, 4.69) is 70.2 Å². The number of benzene rings is 2. The molecular weight excluding hydrogens is 373 g/mol. The van der Waals surface area contributed by atoms with Gasteiger partial charge in [-0.05, 0) is 45.2 Å². The van der Waals surface area contributed by atoms with E-state index in [1.54, 1.807) is 0 Å². The zero-order chi connectivity index (χ0) is 19.4. The highest BCUT2D eigenvalue weighted by molar-refractivity contribution is 7.98. The van der Waals surface area contributed by atoms with Crippen molar-refractivity contribution in [3.8, 4) is 0 Å². The van der Waals surface area contributed by atoms with E-state index in [4.69, 9.17) is 13.0 Å². The highest BCUT2D eigenvalue weighted by Crippen LogP contribution is 2.30. The molecule has 0 amide bonds. The minimum atomic E-state index is -6.09. The molecular formula is C17H21F3O3S2. The lowest BCUT2D eigenvalue weighted by molar-refractivity contribution is -0.0517. The van der Waals surface area contributed by atoms with Gasteiger partial charge in [0.25, 0.3) is 0 Å². The van der Waals surface area contributed by atoms with Gasteiger partial charge in [-0.1, -0.05) is 30.3 Å². The topological polar surface area (TPSA) is 57.2 Å². The minimum Gasteiger partial charge on any atom is -0.741 e. The predicted octanol–water partition coefficient (Wildman–Crippen LogP) is 4.69. The molecule has 2 aromatic carbocycles. The standard InChI is InChI=1S/C16H21S.CHF3O3S/c1-12(2)17(13(3)4)16-11-7-9-14-8-5-6-10-15(14)16;2-1(3,4)8(5,6)7/h5-13H,1-4H3;(H,5,6,7)/q+1;/p-1. The van der Waals surface area contributed by atoms with E-state index in [0.717, 1.165) is 0 Å². The lowest BCUT2D eigenvalue weighted by atomic mass is 10.1. The van der Waals surface area contributed by atoms with Gasteiger partial charge in [-0.3, -0.25) is 0 Å². The van der Waals surface area contributed by atoms with Gasteiger partial charge in [0, 0.05) is 16.3 Å². The molecule has 2 rings (SSSR count). The number of rotatable bonds is 3. The van der Waals surface area contributed by atoms with Crippen LogP contribution >= 0.6 is 0 Å². The molecule has 3 nitrogen and oxygen atoms in total. The number of fused-ring (bicyclic) bond motifs is 1. The van der Waals surface area contributed by atoms with Crippen molar-refractivity contribution in [3.63, 3.8) is 0 Å². The van der Waals surface area contributed by atoms with Crippen LogP contribution in [0.3, 0.4) is 0 Å². The average Bonchev–Trinajstić information content (AvgIpc) is 2.45. The molecule has 0 unspecified atom stereocenters. The maximum absolute atomic E-state index is 10.7. The van der Waals surface area contributed by atoms with E-state index in [1.165, 1.54) is 15.7 Å². The van der Waals surface area contributed by atoms with Crippen LogP contribution < -0.4 is 0 Å². The van der Waals surface area contributed by atoms with Crippen LogP contribution in [0.5, 0.6) is 0 Å². The zero-order valence-corrected chi connectivity index (χ0v) is 16.0. The molecule has 0 N–H and O–H groups in total. The molecule has 140 valence electrons. The highest BCUT2D eigenvalue weighted by Gasteiger charge is 2.37. The Morgan fingerprint density at radius 3 is 1.80 bits per heavy atom. The third-order valence-corrected chi connectivity index (χ3v) is 6.77. The smallest absolute Gasteiger partial charge is 0.485 e. The Balaban J connectivity index is 0.000000333. The predicted molar refractivity (Wildman–Crippen MR) is 95.6 cm³/mol. The molecule has 0 spiro atoms. The van der Waals surface area contributed by atoms with Crippen molar-refractivity contribution < 1.29 is 26.1 Å². The van der Waals surface area contributed by atoms with Crippen LogP contribution in [-0.2, 0) is 21.0 Å². The zero-order valence-electron chi connectivity index (χ0n) is 14.4. The molecule has 0 aromatic heterocycles. The fourth-order valence-corrected chi connectivity index (χ4v) is 5.23. The second-order valence-corrected chi connectivity index (χ2v) is 10.3. The Kier molecular flexibility index (Phi) is 7.34. The first kappa shape index (κ1) is 21.8. The van der Waals surface area contributed by atoms with Gasteiger partial charge >= 0.3 is 5.51 Å². The Morgan fingerprint density at radius 2 is 1.36 bits per heavy atom. The monoisotopic (exact) mass is 394 g/mol. The van der Waals surface area contributed by atoms with Crippen LogP contribution in [0, 0.1) is 0 Å². The van der Waals surface area contributed by atoms with E-state index >= 15 is 0 Å². The molecule has 0 atom stereocenters. The molecule has 8 heteroatoms. The second-order valence-electron chi connectivity index (χ2n) is 5.85. The van der Waals surface area contributed by atoms with Gasteiger partial charge in [-0.25, -0.2) is 8.42 Å². The summed E-state index contributed by atoms with van der Waals surface area (Å²) in [6, 6.07) is 15.5. The summed E-state index contributed by atoms with van der Waals surface area (Å²) in [6.07, 6.45) is 0. The summed E-state index contributed by atoms with van der Waals surface area (Å²) in [5, 5.41) is 4.21. The normalized spacial score (nSPS) is 12.6. The van der Waals surface area contributed by atoms with E-state index in [1.807, 2.05) is 0 Å². The lowest BCUT2D eigenvalue weighted by Gasteiger charge is -2.17. The number of hydrogen-bond donors (Lipinski definition) is 0. The third kappa shape index (κ3) is 5.90. The Labute approximate surface area is 149 Å². The first-order chi connectivity index (χ1) is 11.4. The molecule has 0 saturated heterocycles. The fraction of sp³-hybridized carbons (Fsp3) is 0.412. The summed E-state index contributed by atoms with van der Waals surface area (Å²) < 4.78 is 58.9. The first-order valence-electron chi connectivity index (χ1n) is 7.58. The molecule has 0 saturated carbocycles. The maximum atomic E-state index is 10.7. The molecule has 0 bridgehead atoms. The van der Waals surface area contributed by atoms with Gasteiger partial charge in [-0.15, -0.1) is 0 Å². The van der Waals surface area contributed by atoms with Crippen LogP contribution in [0.25, 0.3) is 10.8 Å². The van der Waals surface area contributed by atoms with E-state index in [-0.39, 0.29) is 0 Å². The summed E-state index contributed by atoms with van der Waals surface area (Å²) in [4.78, 5) is 1.54. The van der Waals surface area contributed by atoms with Gasteiger partial charge in [-0.2, -0.15) is 13.2 Å². The maximum Gasteiger partial charge on any atom is 0.485 e. The summed E-state index contributed by atoms with van der Waals surface area (Å²) in [6.45, 7) is 9.35. The third-order valence-electron chi connectivity index (χ3n) is 3.30. The van der Waals surface area contributed by atoms with Crippen molar-refractivity contribution in [2.24, 2.45) is 0 Å². The lowest BCUT2D eigenvalue weighted by Crippen LogP contribution is -2.24. The molecule has 25 heavy (non-hydrogen) atoms. The molecule has 0 aliphatic heterocycles. The van der Waals surface area contributed by atoms with Crippen LogP contribution in [-0.4, -0.2) is 29.0 Å². The SMILES string of the molecule is CC(C)[S+](c1cccc2ccccc12)C(C)C.O=S(=O)([O-])C(F)(F)F. The number of hydrogen-bond acceptors (Lipinski definition) is 3. The van der Waals surface area contributed by atoms with Crippen molar-refractivity contribution >= 4 is 31.8 Å². The van der Waals surface area contributed by atoms with Crippen LogP contribution in [0.4, 0.5) is 13.2 Å². The van der Waals surface area contributed by atoms with Gasteiger partial charge in [0.1, 0.15) is 10.5 Å². The van der Waals surface area contributed by atoms with Gasteiger partial charge in [0.05, 0.1) is 0 Å². The van der Waals surface area contributed by atoms with Crippen LogP contribution in [0.2, 0.25) is 0 Å². The van der Waals surface area contributed by atoms with Crippen molar-refractivity contribution in [2.75, 3.05) is 0 Å². The van der Waals surface area contributed by atoms with Crippen molar-refractivity contribution in [2.45, 2.75) is 48.6 Å². The average molecular weight is 394 g/mol. The Morgan fingerprint density at radius 1 is 0.920 bits per heavy atom. The first-order valence-corrected chi connectivity index (χ1v) is 10.3. The van der Waals surface area contributed by atoms with Crippen molar-refractivity contribution in [3.05, 3.63) is 42.5 Å². The van der Waals surface area contributed by atoms with Crippen LogP contribution in [0.15, 0.2) is 47.4 Å². The van der Waals surface area contributed by atoms with Gasteiger partial charge in [0.2, 0.25) is 0 Å². The number of halogens is 3. The summed E-state index contributed by atoms with van der Waals surface area (Å²) >= 11 is 0. The molecule has 0 heterocycles. The van der Waals surface area contributed by atoms with E-state index < -0.39 is 15.6 Å². The molecule has 0 aliphatic carbocycles. The Bertz CT molecular complexity index is 787. The van der Waals surface area contributed by atoms with Gasteiger partial charge < -0.3 is 4.55 Å². The summed E-state index contributed by atoms with van der Waals surface area (Å²) in [7, 11) is -5.76. The second kappa shape index (κ2) is 8.42. The highest BCUT2D eigenvalue weighted by atomic mass is 32.2. The van der Waals surface area contributed by atoms with Crippen molar-refractivity contribution in [1.82, 2.24) is 0 Å². The molecule has 0 aliphatic rings. The summed E-state index contributed by atoms with van der Waals surface area (Å²) in [5.74, 6) is 0. The minimum absolute atomic E-state index is 0.334. The fourth-order valence-electron chi connectivity index (χ4n) is 2.45. The molecule has 0 radical (unpaired) electrons. The van der Waals surface area contributed by atoms with Crippen molar-refractivity contribution in [1.29, 1.82) is 0 Å². The molecule has 0 fully saturated rings. The Hall–Kier alpha value is -1.25. The molecule has 2 aromatic rings. The number of alkyl halides is 3. The largest absolute Gasteiger partial charge is 0.741 e. The van der Waals surface area contributed by atoms with Crippen LogP contribution in [0.1, 0.15) is 27.7 Å². The quantitative estimate of drug-likeness (QED) is 0.431. The van der Waals surface area contributed by atoms with E-state index in [9.17, 15) is 13.2 Å². The van der Waals surface area contributed by atoms with Gasteiger partial charge in [0.15, 0.2) is 15.0 Å². The van der Waals surface area contributed by atoms with E-state index in [0.29, 0.717) is 21.4 Å². The summed E-state index contributed by atoms with van der Waals surface area (Å²) in [5.41, 5.74) is -5.65.